The number of halogens is 1. The van der Waals surface area contributed by atoms with E-state index in [4.69, 9.17) is 0 Å². The van der Waals surface area contributed by atoms with Crippen LogP contribution in [0.15, 0.2) is 42.5 Å². The number of hydrogen-bond donors (Lipinski definition) is 1. The molecular formula is C15H12FNO. The van der Waals surface area contributed by atoms with Crippen molar-refractivity contribution < 1.29 is 9.18 Å². The van der Waals surface area contributed by atoms with Gasteiger partial charge in [-0.3, -0.25) is 4.79 Å². The number of fused-ring (bicyclic) bond motifs is 1. The Hall–Kier alpha value is -2.16. The fourth-order valence-electron chi connectivity index (χ4n) is 2.29. The van der Waals surface area contributed by atoms with Crippen molar-refractivity contribution in [1.82, 2.24) is 5.32 Å². The van der Waals surface area contributed by atoms with Crippen LogP contribution in [0.2, 0.25) is 0 Å². The van der Waals surface area contributed by atoms with E-state index in [1.807, 2.05) is 12.1 Å². The molecule has 1 aliphatic heterocycles. The first-order valence-electron chi connectivity index (χ1n) is 5.92. The number of nitrogens with one attached hydrogen (secondary N) is 1. The van der Waals surface area contributed by atoms with Crippen molar-refractivity contribution >= 4 is 5.91 Å². The van der Waals surface area contributed by atoms with E-state index < -0.39 is 0 Å². The normalized spacial score (nSPS) is 13.9. The first-order valence-corrected chi connectivity index (χ1v) is 5.92. The summed E-state index contributed by atoms with van der Waals surface area (Å²) in [5.74, 6) is -0.283. The average molecular weight is 241 g/mol. The maximum atomic E-state index is 13.7. The van der Waals surface area contributed by atoms with E-state index in [-0.39, 0.29) is 11.7 Å². The molecule has 1 amide bonds. The molecule has 0 atom stereocenters. The zero-order valence-electron chi connectivity index (χ0n) is 9.74. The molecule has 90 valence electrons. The first kappa shape index (κ1) is 11.0. The molecule has 3 rings (SSSR count). The summed E-state index contributed by atoms with van der Waals surface area (Å²) in [5.41, 5.74) is 3.08. The van der Waals surface area contributed by atoms with Crippen molar-refractivity contribution in [2.75, 3.05) is 6.54 Å². The van der Waals surface area contributed by atoms with Crippen molar-refractivity contribution in [3.63, 3.8) is 0 Å². The number of benzene rings is 2. The third kappa shape index (κ3) is 1.78. The van der Waals surface area contributed by atoms with Crippen molar-refractivity contribution in [3.8, 4) is 11.1 Å². The van der Waals surface area contributed by atoms with E-state index in [0.717, 1.165) is 17.5 Å². The SMILES string of the molecule is O=C1NCCc2cc(-c3ccccc3F)ccc21. The summed E-state index contributed by atoms with van der Waals surface area (Å²) in [6, 6.07) is 12.1. The highest BCUT2D eigenvalue weighted by Crippen LogP contribution is 2.26. The smallest absolute Gasteiger partial charge is 0.251 e. The van der Waals surface area contributed by atoms with Crippen molar-refractivity contribution in [2.45, 2.75) is 6.42 Å². The highest BCUT2D eigenvalue weighted by Gasteiger charge is 2.17. The molecule has 0 spiro atoms. The Morgan fingerprint density at radius 2 is 1.89 bits per heavy atom. The van der Waals surface area contributed by atoms with Gasteiger partial charge >= 0.3 is 0 Å². The average Bonchev–Trinajstić information content (AvgIpc) is 2.39. The Morgan fingerprint density at radius 3 is 2.72 bits per heavy atom. The van der Waals surface area contributed by atoms with Crippen LogP contribution in [-0.4, -0.2) is 12.5 Å². The molecule has 0 unspecified atom stereocenters. The van der Waals surface area contributed by atoms with Crippen LogP contribution in [0.4, 0.5) is 4.39 Å². The topological polar surface area (TPSA) is 29.1 Å². The second-order valence-electron chi connectivity index (χ2n) is 4.36. The van der Waals surface area contributed by atoms with Crippen LogP contribution in [0.3, 0.4) is 0 Å². The van der Waals surface area contributed by atoms with Gasteiger partial charge in [0.2, 0.25) is 0 Å². The molecule has 2 aromatic rings. The quantitative estimate of drug-likeness (QED) is 0.817. The van der Waals surface area contributed by atoms with Crippen LogP contribution < -0.4 is 5.32 Å². The van der Waals surface area contributed by atoms with Crippen molar-refractivity contribution in [1.29, 1.82) is 0 Å². The minimum atomic E-state index is -0.238. The number of carbonyl (C=O) groups is 1. The van der Waals surface area contributed by atoms with Crippen LogP contribution in [0.25, 0.3) is 11.1 Å². The fourth-order valence-corrected chi connectivity index (χ4v) is 2.29. The molecule has 2 nitrogen and oxygen atoms in total. The molecule has 0 radical (unpaired) electrons. The number of rotatable bonds is 1. The van der Waals surface area contributed by atoms with Crippen LogP contribution in [0.1, 0.15) is 15.9 Å². The van der Waals surface area contributed by atoms with Gasteiger partial charge in [0.25, 0.3) is 5.91 Å². The van der Waals surface area contributed by atoms with Gasteiger partial charge in [0.15, 0.2) is 0 Å². The first-order chi connectivity index (χ1) is 8.75. The van der Waals surface area contributed by atoms with Crippen molar-refractivity contribution in [2.24, 2.45) is 0 Å². The maximum Gasteiger partial charge on any atom is 0.251 e. The molecular weight excluding hydrogens is 229 g/mol. The van der Waals surface area contributed by atoms with Crippen LogP contribution in [0.5, 0.6) is 0 Å². The van der Waals surface area contributed by atoms with Gasteiger partial charge in [0.05, 0.1) is 0 Å². The molecule has 0 bridgehead atoms. The predicted octanol–water partition coefficient (Wildman–Crippen LogP) is 2.78. The Morgan fingerprint density at radius 1 is 1.06 bits per heavy atom. The van der Waals surface area contributed by atoms with Crippen molar-refractivity contribution in [3.05, 3.63) is 59.4 Å². The third-order valence-electron chi connectivity index (χ3n) is 3.21. The van der Waals surface area contributed by atoms with E-state index in [9.17, 15) is 9.18 Å². The summed E-state index contributed by atoms with van der Waals surface area (Å²) in [5, 5.41) is 2.80. The molecule has 0 saturated carbocycles. The molecule has 18 heavy (non-hydrogen) atoms. The summed E-state index contributed by atoms with van der Waals surface area (Å²) in [4.78, 5) is 11.6. The zero-order chi connectivity index (χ0) is 12.5. The lowest BCUT2D eigenvalue weighted by atomic mass is 9.95. The molecule has 3 heteroatoms. The van der Waals surface area contributed by atoms with Gasteiger partial charge in [-0.25, -0.2) is 4.39 Å². The van der Waals surface area contributed by atoms with Gasteiger partial charge < -0.3 is 5.32 Å². The Balaban J connectivity index is 2.10. The van der Waals surface area contributed by atoms with Crippen LogP contribution in [0, 0.1) is 5.82 Å². The van der Waals surface area contributed by atoms with Gasteiger partial charge in [0, 0.05) is 17.7 Å². The van der Waals surface area contributed by atoms with E-state index in [1.165, 1.54) is 6.07 Å². The van der Waals surface area contributed by atoms with Gasteiger partial charge in [-0.1, -0.05) is 30.3 Å². The van der Waals surface area contributed by atoms with Crippen LogP contribution >= 0.6 is 0 Å². The predicted molar refractivity (Wildman–Crippen MR) is 67.9 cm³/mol. The molecule has 0 fully saturated rings. The molecule has 1 aliphatic rings. The molecule has 1 heterocycles. The minimum absolute atomic E-state index is 0.0451. The fraction of sp³-hybridized carbons (Fsp3) is 0.133. The number of amides is 1. The van der Waals surface area contributed by atoms with E-state index in [2.05, 4.69) is 5.32 Å². The molecule has 0 aliphatic carbocycles. The Labute approximate surface area is 104 Å². The number of carbonyl (C=O) groups excluding carboxylic acids is 1. The standard InChI is InChI=1S/C15H12FNO/c16-14-4-2-1-3-12(14)10-5-6-13-11(9-10)7-8-17-15(13)18/h1-6,9H,7-8H2,(H,17,18). The Bertz CT molecular complexity index is 622. The zero-order valence-corrected chi connectivity index (χ0v) is 9.74. The summed E-state index contributed by atoms with van der Waals surface area (Å²) in [6.07, 6.45) is 0.795. The lowest BCUT2D eigenvalue weighted by molar-refractivity contribution is 0.0946. The van der Waals surface area contributed by atoms with Gasteiger partial charge in [0.1, 0.15) is 5.82 Å². The molecule has 2 aromatic carbocycles. The molecule has 1 N–H and O–H groups in total. The van der Waals surface area contributed by atoms with E-state index >= 15 is 0 Å². The largest absolute Gasteiger partial charge is 0.352 e. The highest BCUT2D eigenvalue weighted by molar-refractivity contribution is 5.97. The Kier molecular flexibility index (Phi) is 2.59. The molecule has 0 aromatic heterocycles. The summed E-state index contributed by atoms with van der Waals surface area (Å²) in [7, 11) is 0. The second kappa shape index (κ2) is 4.26. The lowest BCUT2D eigenvalue weighted by Gasteiger charge is -2.17. The van der Waals surface area contributed by atoms with Crippen LogP contribution in [-0.2, 0) is 6.42 Å². The highest BCUT2D eigenvalue weighted by atomic mass is 19.1. The maximum absolute atomic E-state index is 13.7. The number of hydrogen-bond acceptors (Lipinski definition) is 1. The summed E-state index contributed by atoms with van der Waals surface area (Å²) < 4.78 is 13.7. The van der Waals surface area contributed by atoms with E-state index in [0.29, 0.717) is 17.7 Å². The summed E-state index contributed by atoms with van der Waals surface area (Å²) in [6.45, 7) is 0.645. The minimum Gasteiger partial charge on any atom is -0.352 e. The lowest BCUT2D eigenvalue weighted by Crippen LogP contribution is -2.31. The molecule has 0 saturated heterocycles. The van der Waals surface area contributed by atoms with Gasteiger partial charge in [-0.05, 0) is 29.7 Å². The monoisotopic (exact) mass is 241 g/mol. The third-order valence-corrected chi connectivity index (χ3v) is 3.21. The summed E-state index contributed by atoms with van der Waals surface area (Å²) >= 11 is 0. The second-order valence-corrected chi connectivity index (χ2v) is 4.36. The van der Waals surface area contributed by atoms with E-state index in [1.54, 1.807) is 24.3 Å². The van der Waals surface area contributed by atoms with Gasteiger partial charge in [-0.2, -0.15) is 0 Å². The van der Waals surface area contributed by atoms with Gasteiger partial charge in [-0.15, -0.1) is 0 Å².